The second kappa shape index (κ2) is 4.10. The molecule has 3 heteroatoms. The lowest BCUT2D eigenvalue weighted by molar-refractivity contribution is 0.403. The van der Waals surface area contributed by atoms with Crippen molar-refractivity contribution in [2.45, 2.75) is 20.3 Å². The summed E-state index contributed by atoms with van der Waals surface area (Å²) in [5.74, 6) is 5.90. The van der Waals surface area contributed by atoms with Crippen molar-refractivity contribution in [1.82, 2.24) is 0 Å². The van der Waals surface area contributed by atoms with Crippen molar-refractivity contribution in [2.24, 2.45) is 5.92 Å². The van der Waals surface area contributed by atoms with E-state index in [4.69, 9.17) is 4.74 Å². The largest absolute Gasteiger partial charge is 0.491 e. The van der Waals surface area contributed by atoms with Gasteiger partial charge in [0.1, 0.15) is 5.56 Å². The van der Waals surface area contributed by atoms with Crippen LogP contribution in [0.4, 0.5) is 0 Å². The van der Waals surface area contributed by atoms with Crippen molar-refractivity contribution < 1.29 is 4.74 Å². The molecule has 1 atom stereocenters. The van der Waals surface area contributed by atoms with Crippen LogP contribution in [-0.4, -0.2) is 7.11 Å². The van der Waals surface area contributed by atoms with Gasteiger partial charge in [-0.2, -0.15) is 0 Å². The van der Waals surface area contributed by atoms with Crippen LogP contribution in [0.5, 0.6) is 5.75 Å². The molecule has 0 aliphatic heterocycles. The van der Waals surface area contributed by atoms with Crippen LogP contribution in [0.15, 0.2) is 9.59 Å². The highest BCUT2D eigenvalue weighted by molar-refractivity contribution is 5.51. The van der Waals surface area contributed by atoms with Gasteiger partial charge in [0.05, 0.1) is 7.11 Å². The molecule has 0 radical (unpaired) electrons. The summed E-state index contributed by atoms with van der Waals surface area (Å²) in [4.78, 5) is 22.0. The third-order valence-electron chi connectivity index (χ3n) is 2.13. The molecule has 0 spiro atoms. The zero-order valence-electron chi connectivity index (χ0n) is 8.51. The van der Waals surface area contributed by atoms with Gasteiger partial charge in [0.25, 0.3) is 5.43 Å². The van der Waals surface area contributed by atoms with Crippen molar-refractivity contribution in [2.75, 3.05) is 7.11 Å². The summed E-state index contributed by atoms with van der Waals surface area (Å²) < 4.78 is 4.75. The smallest absolute Gasteiger partial charge is 0.270 e. The van der Waals surface area contributed by atoms with Crippen LogP contribution in [0.3, 0.4) is 0 Å². The first kappa shape index (κ1) is 10.5. The molecule has 1 rings (SSSR count). The van der Waals surface area contributed by atoms with Gasteiger partial charge in [0, 0.05) is 5.92 Å². The van der Waals surface area contributed by atoms with Gasteiger partial charge in [-0.15, -0.1) is 0 Å². The second-order valence-corrected chi connectivity index (χ2v) is 3.15. The molecule has 0 saturated heterocycles. The van der Waals surface area contributed by atoms with Gasteiger partial charge in [0.2, 0.25) is 5.43 Å². The fourth-order valence-electron chi connectivity index (χ4n) is 0.977. The molecule has 14 heavy (non-hydrogen) atoms. The topological polar surface area (TPSA) is 43.4 Å². The molecule has 74 valence electrons. The van der Waals surface area contributed by atoms with E-state index >= 15 is 0 Å². The van der Waals surface area contributed by atoms with Crippen LogP contribution in [0.2, 0.25) is 0 Å². The van der Waals surface area contributed by atoms with Crippen LogP contribution >= 0.6 is 0 Å². The summed E-state index contributed by atoms with van der Waals surface area (Å²) in [5, 5.41) is 0. The van der Waals surface area contributed by atoms with Crippen LogP contribution < -0.4 is 15.6 Å². The molecule has 0 aromatic heterocycles. The van der Waals surface area contributed by atoms with Crippen LogP contribution in [0.1, 0.15) is 25.8 Å². The van der Waals surface area contributed by atoms with E-state index in [1.807, 2.05) is 13.8 Å². The molecule has 1 unspecified atom stereocenters. The van der Waals surface area contributed by atoms with Crippen molar-refractivity contribution >= 4 is 0 Å². The van der Waals surface area contributed by atoms with E-state index in [-0.39, 0.29) is 17.2 Å². The summed E-state index contributed by atoms with van der Waals surface area (Å²) in [7, 11) is 1.37. The maximum Gasteiger partial charge on any atom is 0.270 e. The summed E-state index contributed by atoms with van der Waals surface area (Å²) in [6.45, 7) is 3.98. The van der Waals surface area contributed by atoms with Gasteiger partial charge in [-0.05, 0) is 6.42 Å². The first-order valence-corrected chi connectivity index (χ1v) is 4.50. The first-order valence-electron chi connectivity index (χ1n) is 4.50. The molecule has 3 nitrogen and oxygen atoms in total. The van der Waals surface area contributed by atoms with Crippen molar-refractivity contribution in [3.05, 3.63) is 26.0 Å². The minimum Gasteiger partial charge on any atom is -0.491 e. The number of hydrogen-bond acceptors (Lipinski definition) is 3. The molecule has 0 N–H and O–H groups in total. The Bertz CT molecular complexity index is 453. The molecule has 0 aliphatic carbocycles. The Morgan fingerprint density at radius 1 is 1.36 bits per heavy atom. The lowest BCUT2D eigenvalue weighted by Crippen LogP contribution is -2.35. The summed E-state index contributed by atoms with van der Waals surface area (Å²) in [5.41, 5.74) is -0.878. The zero-order valence-corrected chi connectivity index (χ0v) is 8.51. The monoisotopic (exact) mass is 192 g/mol. The van der Waals surface area contributed by atoms with E-state index in [9.17, 15) is 9.59 Å². The highest BCUT2D eigenvalue weighted by Gasteiger charge is 2.19. The first-order chi connectivity index (χ1) is 6.61. The molecule has 0 bridgehead atoms. The molecule has 0 amide bonds. The molecule has 0 fully saturated rings. The van der Waals surface area contributed by atoms with E-state index in [0.717, 1.165) is 6.42 Å². The number of methoxy groups -OCH3 is 1. The Balaban J connectivity index is 2.97. The summed E-state index contributed by atoms with van der Waals surface area (Å²) >= 11 is 0. The van der Waals surface area contributed by atoms with Crippen LogP contribution in [0, 0.1) is 17.8 Å². The van der Waals surface area contributed by atoms with Crippen molar-refractivity contribution in [3.8, 4) is 17.6 Å². The van der Waals surface area contributed by atoms with Gasteiger partial charge in [-0.3, -0.25) is 9.59 Å². The minimum atomic E-state index is -0.569. The normalized spacial score (nSPS) is 11.9. The molecule has 1 aromatic rings. The van der Waals surface area contributed by atoms with E-state index in [1.54, 1.807) is 0 Å². The minimum absolute atomic E-state index is 0.103. The number of hydrogen-bond donors (Lipinski definition) is 0. The Morgan fingerprint density at radius 3 is 2.50 bits per heavy atom. The average molecular weight is 192 g/mol. The number of rotatable bonds is 2. The lowest BCUT2D eigenvalue weighted by Gasteiger charge is -2.03. The molecular weight excluding hydrogens is 180 g/mol. The van der Waals surface area contributed by atoms with Gasteiger partial charge in [-0.25, -0.2) is 0 Å². The lowest BCUT2D eigenvalue weighted by atomic mass is 10.1. The van der Waals surface area contributed by atoms with E-state index < -0.39 is 10.9 Å². The second-order valence-electron chi connectivity index (χ2n) is 3.15. The molecule has 0 heterocycles. The van der Waals surface area contributed by atoms with Gasteiger partial charge in [0.15, 0.2) is 5.75 Å². The predicted molar refractivity (Wildman–Crippen MR) is 54.2 cm³/mol. The average Bonchev–Trinajstić information content (AvgIpc) is 2.22. The Hall–Kier alpha value is -1.56. The predicted octanol–water partition coefficient (Wildman–Crippen LogP) is 0.689. The Labute approximate surface area is 82.4 Å². The van der Waals surface area contributed by atoms with Gasteiger partial charge >= 0.3 is 0 Å². The molecule has 1 aromatic carbocycles. The molecule has 0 aliphatic rings. The van der Waals surface area contributed by atoms with Crippen molar-refractivity contribution in [3.63, 3.8) is 0 Å². The molecule has 0 saturated carbocycles. The summed E-state index contributed by atoms with van der Waals surface area (Å²) in [6, 6.07) is 0. The fourth-order valence-corrected chi connectivity index (χ4v) is 0.977. The standard InChI is InChI=1S/C11H12O3/c1-4-7(2)5-6-8-9(12)10(13)11(8)14-3/h7H,4H2,1-3H3. The highest BCUT2D eigenvalue weighted by Crippen LogP contribution is 2.08. The van der Waals surface area contributed by atoms with Crippen LogP contribution in [-0.2, 0) is 0 Å². The van der Waals surface area contributed by atoms with Gasteiger partial charge < -0.3 is 4.74 Å². The quantitative estimate of drug-likeness (QED) is 0.511. The fraction of sp³-hybridized carbons (Fsp3) is 0.455. The maximum atomic E-state index is 11.0. The number of ether oxygens (including phenoxy) is 1. The highest BCUT2D eigenvalue weighted by atomic mass is 16.5. The SMILES string of the molecule is CCC(C)C#Cc1c(OC)c(=O)c1=O. The summed E-state index contributed by atoms with van der Waals surface area (Å²) in [6.07, 6.45) is 0.921. The Morgan fingerprint density at radius 2 is 2.00 bits per heavy atom. The Kier molecular flexibility index (Phi) is 3.08. The maximum absolute atomic E-state index is 11.0. The van der Waals surface area contributed by atoms with Gasteiger partial charge in [-0.1, -0.05) is 25.7 Å². The van der Waals surface area contributed by atoms with E-state index in [0.29, 0.717) is 0 Å². The van der Waals surface area contributed by atoms with Crippen molar-refractivity contribution in [1.29, 1.82) is 0 Å². The van der Waals surface area contributed by atoms with Crippen LogP contribution in [0.25, 0.3) is 0 Å². The zero-order chi connectivity index (χ0) is 10.7. The molecular formula is C11H12O3. The third-order valence-corrected chi connectivity index (χ3v) is 2.13. The van der Waals surface area contributed by atoms with E-state index in [1.165, 1.54) is 7.11 Å². The third kappa shape index (κ3) is 1.69. The van der Waals surface area contributed by atoms with E-state index in [2.05, 4.69) is 11.8 Å².